The number of rotatable bonds is 6. The van der Waals surface area contributed by atoms with E-state index in [1.165, 1.54) is 0 Å². The molecule has 2 aromatic rings. The summed E-state index contributed by atoms with van der Waals surface area (Å²) in [5.74, 6) is 0. The second kappa shape index (κ2) is 7.60. The van der Waals surface area contributed by atoms with Gasteiger partial charge < -0.3 is 5.11 Å². The first kappa shape index (κ1) is 15.3. The average molecular weight is 311 g/mol. The van der Waals surface area contributed by atoms with Crippen molar-refractivity contribution in [2.24, 2.45) is 0 Å². The molecule has 0 amide bonds. The van der Waals surface area contributed by atoms with Gasteiger partial charge in [0.1, 0.15) is 0 Å². The minimum absolute atomic E-state index is 0.103. The van der Waals surface area contributed by atoms with Crippen LogP contribution in [0.4, 0.5) is 0 Å². The first-order chi connectivity index (χ1) is 9.69. The van der Waals surface area contributed by atoms with Crippen LogP contribution in [0.1, 0.15) is 11.1 Å². The molecule has 2 rings (SSSR count). The Hall–Kier alpha value is -1.13. The van der Waals surface area contributed by atoms with E-state index < -0.39 is 0 Å². The number of benzene rings is 1. The Morgan fingerprint density at radius 1 is 1.15 bits per heavy atom. The summed E-state index contributed by atoms with van der Waals surface area (Å²) >= 11 is 12.1. The van der Waals surface area contributed by atoms with Crippen molar-refractivity contribution in [2.75, 3.05) is 13.2 Å². The van der Waals surface area contributed by atoms with Gasteiger partial charge in [0.2, 0.25) is 0 Å². The zero-order chi connectivity index (χ0) is 14.4. The van der Waals surface area contributed by atoms with Crippen LogP contribution in [-0.4, -0.2) is 28.1 Å². The molecule has 0 atom stereocenters. The summed E-state index contributed by atoms with van der Waals surface area (Å²) < 4.78 is 0. The predicted octanol–water partition coefficient (Wildman–Crippen LogP) is 3.38. The zero-order valence-corrected chi connectivity index (χ0v) is 12.5. The third-order valence-corrected chi connectivity index (χ3v) is 3.54. The fourth-order valence-corrected chi connectivity index (χ4v) is 2.46. The van der Waals surface area contributed by atoms with Gasteiger partial charge in [-0.15, -0.1) is 0 Å². The van der Waals surface area contributed by atoms with E-state index >= 15 is 0 Å². The number of pyridine rings is 1. The van der Waals surface area contributed by atoms with Crippen molar-refractivity contribution in [3.63, 3.8) is 0 Å². The summed E-state index contributed by atoms with van der Waals surface area (Å²) in [6, 6.07) is 9.39. The number of hydrogen-bond donors (Lipinski definition) is 1. The highest BCUT2D eigenvalue weighted by molar-refractivity contribution is 6.35. The quantitative estimate of drug-likeness (QED) is 0.888. The van der Waals surface area contributed by atoms with Crippen LogP contribution >= 0.6 is 23.2 Å². The number of nitrogens with zero attached hydrogens (tertiary/aromatic N) is 2. The third-order valence-electron chi connectivity index (χ3n) is 2.95. The van der Waals surface area contributed by atoms with Crippen molar-refractivity contribution in [3.05, 3.63) is 63.9 Å². The molecule has 0 bridgehead atoms. The van der Waals surface area contributed by atoms with Gasteiger partial charge in [0.15, 0.2) is 0 Å². The summed E-state index contributed by atoms with van der Waals surface area (Å²) in [6.45, 7) is 2.05. The molecule has 0 aliphatic carbocycles. The molecule has 0 saturated carbocycles. The lowest BCUT2D eigenvalue weighted by atomic mass is 10.2. The molecule has 0 unspecified atom stereocenters. The monoisotopic (exact) mass is 310 g/mol. The molecular weight excluding hydrogens is 295 g/mol. The van der Waals surface area contributed by atoms with Crippen LogP contribution in [0.5, 0.6) is 0 Å². The molecule has 0 fully saturated rings. The maximum absolute atomic E-state index is 9.19. The Balaban J connectivity index is 2.09. The minimum Gasteiger partial charge on any atom is -0.395 e. The number of halogens is 2. The van der Waals surface area contributed by atoms with E-state index in [9.17, 15) is 5.11 Å². The Labute approximate surface area is 128 Å². The van der Waals surface area contributed by atoms with Crippen LogP contribution < -0.4 is 0 Å². The molecular formula is C15H16Cl2N2O. The Kier molecular flexibility index (Phi) is 5.80. The van der Waals surface area contributed by atoms with E-state index in [0.717, 1.165) is 11.1 Å². The van der Waals surface area contributed by atoms with Gasteiger partial charge in [-0.25, -0.2) is 0 Å². The van der Waals surface area contributed by atoms with Gasteiger partial charge in [-0.05, 0) is 29.3 Å². The second-order valence-electron chi connectivity index (χ2n) is 4.53. The minimum atomic E-state index is 0.103. The fraction of sp³-hybridized carbons (Fsp3) is 0.267. The lowest BCUT2D eigenvalue weighted by Crippen LogP contribution is -2.26. The van der Waals surface area contributed by atoms with Crippen molar-refractivity contribution in [1.82, 2.24) is 9.88 Å². The van der Waals surface area contributed by atoms with Gasteiger partial charge >= 0.3 is 0 Å². The van der Waals surface area contributed by atoms with E-state index in [0.29, 0.717) is 29.7 Å². The number of aliphatic hydroxyl groups is 1. The average Bonchev–Trinajstić information content (AvgIpc) is 2.43. The van der Waals surface area contributed by atoms with Gasteiger partial charge in [0.05, 0.1) is 6.61 Å². The van der Waals surface area contributed by atoms with Crippen LogP contribution in [0.2, 0.25) is 10.0 Å². The fourth-order valence-electron chi connectivity index (χ4n) is 2.00. The summed E-state index contributed by atoms with van der Waals surface area (Å²) in [6.07, 6.45) is 3.57. The highest BCUT2D eigenvalue weighted by atomic mass is 35.5. The molecule has 0 spiro atoms. The normalized spacial score (nSPS) is 11.0. The SMILES string of the molecule is OCCN(Cc1cccnc1)Cc1ccc(Cl)cc1Cl. The molecule has 0 aliphatic heterocycles. The van der Waals surface area contributed by atoms with Crippen LogP contribution in [0, 0.1) is 0 Å². The topological polar surface area (TPSA) is 36.4 Å². The lowest BCUT2D eigenvalue weighted by molar-refractivity contribution is 0.184. The summed E-state index contributed by atoms with van der Waals surface area (Å²) in [5.41, 5.74) is 2.10. The lowest BCUT2D eigenvalue weighted by Gasteiger charge is -2.22. The van der Waals surface area contributed by atoms with E-state index in [-0.39, 0.29) is 6.61 Å². The highest BCUT2D eigenvalue weighted by Gasteiger charge is 2.09. The molecule has 0 saturated heterocycles. The summed E-state index contributed by atoms with van der Waals surface area (Å²) in [5, 5.41) is 10.5. The van der Waals surface area contributed by atoms with E-state index in [2.05, 4.69) is 9.88 Å². The smallest absolute Gasteiger partial charge is 0.0558 e. The Bertz CT molecular complexity index is 549. The Morgan fingerprint density at radius 2 is 2.00 bits per heavy atom. The Morgan fingerprint density at radius 3 is 2.65 bits per heavy atom. The van der Waals surface area contributed by atoms with Gasteiger partial charge in [-0.1, -0.05) is 35.3 Å². The van der Waals surface area contributed by atoms with Crippen molar-refractivity contribution in [3.8, 4) is 0 Å². The molecule has 0 radical (unpaired) electrons. The van der Waals surface area contributed by atoms with Gasteiger partial charge in [0, 0.05) is 42.1 Å². The maximum Gasteiger partial charge on any atom is 0.0558 e. The van der Waals surface area contributed by atoms with E-state index in [1.54, 1.807) is 12.3 Å². The zero-order valence-electron chi connectivity index (χ0n) is 11.0. The molecule has 1 N–H and O–H groups in total. The van der Waals surface area contributed by atoms with Gasteiger partial charge in [0.25, 0.3) is 0 Å². The molecule has 1 aromatic carbocycles. The largest absolute Gasteiger partial charge is 0.395 e. The number of hydrogen-bond acceptors (Lipinski definition) is 3. The first-order valence-electron chi connectivity index (χ1n) is 6.35. The first-order valence-corrected chi connectivity index (χ1v) is 7.10. The molecule has 1 heterocycles. The standard InChI is InChI=1S/C15H16Cl2N2O/c16-14-4-3-13(15(17)8-14)11-19(6-7-20)10-12-2-1-5-18-9-12/h1-5,8-9,20H,6-7,10-11H2. The van der Waals surface area contributed by atoms with Crippen LogP contribution in [-0.2, 0) is 13.1 Å². The van der Waals surface area contributed by atoms with Crippen molar-refractivity contribution in [2.45, 2.75) is 13.1 Å². The van der Waals surface area contributed by atoms with Gasteiger partial charge in [-0.2, -0.15) is 0 Å². The van der Waals surface area contributed by atoms with Crippen molar-refractivity contribution < 1.29 is 5.11 Å². The predicted molar refractivity (Wildman–Crippen MR) is 81.9 cm³/mol. The van der Waals surface area contributed by atoms with Crippen molar-refractivity contribution >= 4 is 23.2 Å². The van der Waals surface area contributed by atoms with E-state index in [4.69, 9.17) is 23.2 Å². The second-order valence-corrected chi connectivity index (χ2v) is 5.37. The molecule has 106 valence electrons. The number of aromatic nitrogens is 1. The van der Waals surface area contributed by atoms with Crippen LogP contribution in [0.15, 0.2) is 42.7 Å². The van der Waals surface area contributed by atoms with Crippen molar-refractivity contribution in [1.29, 1.82) is 0 Å². The van der Waals surface area contributed by atoms with E-state index in [1.807, 2.05) is 30.5 Å². The van der Waals surface area contributed by atoms with Crippen LogP contribution in [0.25, 0.3) is 0 Å². The van der Waals surface area contributed by atoms with Crippen LogP contribution in [0.3, 0.4) is 0 Å². The molecule has 5 heteroatoms. The highest BCUT2D eigenvalue weighted by Crippen LogP contribution is 2.22. The molecule has 20 heavy (non-hydrogen) atoms. The molecule has 3 nitrogen and oxygen atoms in total. The third kappa shape index (κ3) is 4.46. The van der Waals surface area contributed by atoms with Gasteiger partial charge in [-0.3, -0.25) is 9.88 Å². The molecule has 0 aliphatic rings. The molecule has 1 aromatic heterocycles. The maximum atomic E-state index is 9.19. The summed E-state index contributed by atoms with van der Waals surface area (Å²) in [7, 11) is 0. The number of aliphatic hydroxyl groups excluding tert-OH is 1. The summed E-state index contributed by atoms with van der Waals surface area (Å²) in [4.78, 5) is 6.22.